The SMILES string of the molecule is COc1cc(N)cnc1-n1nc(C)c2cnc(Cl)cc21. The van der Waals surface area contributed by atoms with E-state index in [0.29, 0.717) is 22.4 Å². The highest BCUT2D eigenvalue weighted by Gasteiger charge is 2.15. The summed E-state index contributed by atoms with van der Waals surface area (Å²) in [5.74, 6) is 1.10. The number of rotatable bonds is 2. The van der Waals surface area contributed by atoms with Gasteiger partial charge in [0.1, 0.15) is 5.15 Å². The molecule has 0 fully saturated rings. The predicted octanol–water partition coefficient (Wildman–Crippen LogP) is 2.37. The Morgan fingerprint density at radius 1 is 1.25 bits per heavy atom. The largest absolute Gasteiger partial charge is 0.493 e. The molecule has 0 bridgehead atoms. The number of nitrogen functional groups attached to an aromatic ring is 1. The second kappa shape index (κ2) is 4.64. The molecule has 0 unspecified atom stereocenters. The quantitative estimate of drug-likeness (QED) is 0.733. The lowest BCUT2D eigenvalue weighted by Gasteiger charge is -2.09. The van der Waals surface area contributed by atoms with E-state index in [4.69, 9.17) is 22.1 Å². The number of hydrogen-bond acceptors (Lipinski definition) is 5. The van der Waals surface area contributed by atoms with Gasteiger partial charge in [-0.25, -0.2) is 14.6 Å². The third-order valence-corrected chi connectivity index (χ3v) is 3.20. The fourth-order valence-corrected chi connectivity index (χ4v) is 2.21. The van der Waals surface area contributed by atoms with E-state index in [9.17, 15) is 0 Å². The molecule has 0 spiro atoms. The lowest BCUT2D eigenvalue weighted by molar-refractivity contribution is 0.410. The first-order chi connectivity index (χ1) is 9.60. The molecule has 3 heterocycles. The van der Waals surface area contributed by atoms with Crippen molar-refractivity contribution in [3.05, 3.63) is 35.4 Å². The molecule has 0 aromatic carbocycles. The molecule has 0 radical (unpaired) electrons. The van der Waals surface area contributed by atoms with Crippen LogP contribution >= 0.6 is 11.6 Å². The van der Waals surface area contributed by atoms with E-state index in [0.717, 1.165) is 16.6 Å². The van der Waals surface area contributed by atoms with Gasteiger partial charge in [0.15, 0.2) is 11.6 Å². The van der Waals surface area contributed by atoms with Gasteiger partial charge in [0.2, 0.25) is 0 Å². The van der Waals surface area contributed by atoms with Crippen molar-refractivity contribution in [2.75, 3.05) is 12.8 Å². The number of halogens is 1. The van der Waals surface area contributed by atoms with E-state index in [-0.39, 0.29) is 0 Å². The van der Waals surface area contributed by atoms with Gasteiger partial charge in [0.05, 0.1) is 30.2 Å². The lowest BCUT2D eigenvalue weighted by atomic mass is 10.3. The van der Waals surface area contributed by atoms with Crippen LogP contribution < -0.4 is 10.5 Å². The molecule has 0 saturated carbocycles. The number of nitrogens with two attached hydrogens (primary N) is 1. The van der Waals surface area contributed by atoms with Gasteiger partial charge >= 0.3 is 0 Å². The first kappa shape index (κ1) is 12.7. The molecule has 0 atom stereocenters. The van der Waals surface area contributed by atoms with Crippen molar-refractivity contribution < 1.29 is 4.74 Å². The van der Waals surface area contributed by atoms with Gasteiger partial charge in [-0.05, 0) is 6.92 Å². The van der Waals surface area contributed by atoms with Crippen molar-refractivity contribution in [3.8, 4) is 11.6 Å². The second-order valence-electron chi connectivity index (χ2n) is 4.32. The second-order valence-corrected chi connectivity index (χ2v) is 4.70. The maximum absolute atomic E-state index is 5.96. The van der Waals surface area contributed by atoms with Crippen molar-refractivity contribution >= 4 is 28.2 Å². The predicted molar refractivity (Wildman–Crippen MR) is 77.4 cm³/mol. The Morgan fingerprint density at radius 3 is 2.80 bits per heavy atom. The molecule has 0 aliphatic heterocycles. The fraction of sp³-hybridized carbons (Fsp3) is 0.154. The minimum atomic E-state index is 0.396. The zero-order valence-electron chi connectivity index (χ0n) is 11.0. The van der Waals surface area contributed by atoms with Crippen LogP contribution in [0, 0.1) is 6.92 Å². The fourth-order valence-electron chi connectivity index (χ4n) is 2.06. The maximum atomic E-state index is 5.96. The van der Waals surface area contributed by atoms with Gasteiger partial charge in [-0.15, -0.1) is 0 Å². The third-order valence-electron chi connectivity index (χ3n) is 2.99. The molecule has 3 aromatic rings. The molecule has 0 aliphatic carbocycles. The molecular formula is C13H12ClN5O. The minimum absolute atomic E-state index is 0.396. The summed E-state index contributed by atoms with van der Waals surface area (Å²) < 4.78 is 6.99. The Morgan fingerprint density at radius 2 is 2.05 bits per heavy atom. The highest BCUT2D eigenvalue weighted by molar-refractivity contribution is 6.30. The normalized spacial score (nSPS) is 10.9. The van der Waals surface area contributed by atoms with E-state index >= 15 is 0 Å². The van der Waals surface area contributed by atoms with Gasteiger partial charge in [-0.1, -0.05) is 11.6 Å². The zero-order valence-corrected chi connectivity index (χ0v) is 11.7. The van der Waals surface area contributed by atoms with E-state index in [2.05, 4.69) is 15.1 Å². The Labute approximate surface area is 120 Å². The average molecular weight is 290 g/mol. The number of hydrogen-bond donors (Lipinski definition) is 1. The van der Waals surface area contributed by atoms with Crippen molar-refractivity contribution in [1.29, 1.82) is 0 Å². The first-order valence-corrected chi connectivity index (χ1v) is 6.28. The average Bonchev–Trinajstić information content (AvgIpc) is 2.75. The molecular weight excluding hydrogens is 278 g/mol. The Kier molecular flexibility index (Phi) is 2.94. The molecule has 0 saturated heterocycles. The van der Waals surface area contributed by atoms with E-state index in [1.165, 1.54) is 0 Å². The zero-order chi connectivity index (χ0) is 14.3. The molecule has 3 rings (SSSR count). The molecule has 0 amide bonds. The highest BCUT2D eigenvalue weighted by atomic mass is 35.5. The van der Waals surface area contributed by atoms with E-state index in [1.54, 1.807) is 36.3 Å². The lowest BCUT2D eigenvalue weighted by Crippen LogP contribution is -2.04. The highest BCUT2D eigenvalue weighted by Crippen LogP contribution is 2.28. The summed E-state index contributed by atoms with van der Waals surface area (Å²) >= 11 is 5.96. The van der Waals surface area contributed by atoms with E-state index in [1.807, 2.05) is 6.92 Å². The number of fused-ring (bicyclic) bond motifs is 1. The molecule has 2 N–H and O–H groups in total. The summed E-state index contributed by atoms with van der Waals surface area (Å²) in [6.45, 7) is 1.90. The Hall–Kier alpha value is -2.34. The van der Waals surface area contributed by atoms with Crippen molar-refractivity contribution in [3.63, 3.8) is 0 Å². The van der Waals surface area contributed by atoms with Gasteiger partial charge in [0, 0.05) is 23.7 Å². The minimum Gasteiger partial charge on any atom is -0.493 e. The van der Waals surface area contributed by atoms with Crippen LogP contribution in [0.15, 0.2) is 24.5 Å². The summed E-state index contributed by atoms with van der Waals surface area (Å²) in [6, 6.07) is 3.45. The number of anilines is 1. The van der Waals surface area contributed by atoms with Gasteiger partial charge in [-0.3, -0.25) is 0 Å². The third kappa shape index (κ3) is 1.94. The Bertz CT molecular complexity index is 799. The van der Waals surface area contributed by atoms with Crippen LogP contribution in [0.2, 0.25) is 5.15 Å². The van der Waals surface area contributed by atoms with Crippen LogP contribution in [0.25, 0.3) is 16.7 Å². The summed E-state index contributed by atoms with van der Waals surface area (Å²) in [6.07, 6.45) is 3.25. The molecule has 3 aromatic heterocycles. The van der Waals surface area contributed by atoms with Crippen molar-refractivity contribution in [1.82, 2.24) is 19.7 Å². The van der Waals surface area contributed by atoms with Crippen LogP contribution in [-0.4, -0.2) is 26.9 Å². The number of aryl methyl sites for hydroxylation is 1. The number of methoxy groups -OCH3 is 1. The van der Waals surface area contributed by atoms with Crippen LogP contribution in [0.4, 0.5) is 5.69 Å². The topological polar surface area (TPSA) is 78.9 Å². The molecule has 7 heteroatoms. The number of nitrogens with zero attached hydrogens (tertiary/aromatic N) is 4. The maximum Gasteiger partial charge on any atom is 0.196 e. The standard InChI is InChI=1S/C13H12ClN5O/c1-7-9-6-16-12(14)4-10(9)19(18-7)13-11(20-2)3-8(15)5-17-13/h3-6H,15H2,1-2H3. The monoisotopic (exact) mass is 289 g/mol. The van der Waals surface area contributed by atoms with Gasteiger partial charge in [-0.2, -0.15) is 5.10 Å². The number of aromatic nitrogens is 4. The van der Waals surface area contributed by atoms with Gasteiger partial charge < -0.3 is 10.5 Å². The summed E-state index contributed by atoms with van der Waals surface area (Å²) in [4.78, 5) is 8.37. The summed E-state index contributed by atoms with van der Waals surface area (Å²) in [7, 11) is 1.56. The van der Waals surface area contributed by atoms with Crippen LogP contribution in [0.1, 0.15) is 5.69 Å². The summed E-state index contributed by atoms with van der Waals surface area (Å²) in [5.41, 5.74) is 7.90. The number of ether oxygens (including phenoxy) is 1. The molecule has 20 heavy (non-hydrogen) atoms. The van der Waals surface area contributed by atoms with Crippen molar-refractivity contribution in [2.24, 2.45) is 0 Å². The van der Waals surface area contributed by atoms with E-state index < -0.39 is 0 Å². The smallest absolute Gasteiger partial charge is 0.196 e. The van der Waals surface area contributed by atoms with Crippen LogP contribution in [0.3, 0.4) is 0 Å². The van der Waals surface area contributed by atoms with Crippen LogP contribution in [-0.2, 0) is 0 Å². The van der Waals surface area contributed by atoms with Crippen molar-refractivity contribution in [2.45, 2.75) is 6.92 Å². The molecule has 0 aliphatic rings. The molecule has 102 valence electrons. The number of pyridine rings is 2. The molecule has 6 nitrogen and oxygen atoms in total. The summed E-state index contributed by atoms with van der Waals surface area (Å²) in [5, 5.41) is 5.78. The van der Waals surface area contributed by atoms with Crippen LogP contribution in [0.5, 0.6) is 5.75 Å². The first-order valence-electron chi connectivity index (χ1n) is 5.91. The van der Waals surface area contributed by atoms with Gasteiger partial charge in [0.25, 0.3) is 0 Å². The Balaban J connectivity index is 2.32.